The van der Waals surface area contributed by atoms with Gasteiger partial charge in [0.2, 0.25) is 5.88 Å². The molecule has 1 aliphatic carbocycles. The van der Waals surface area contributed by atoms with Crippen molar-refractivity contribution in [1.29, 1.82) is 0 Å². The molecule has 30 heavy (non-hydrogen) atoms. The fraction of sp³-hybridized carbons (Fsp3) is 0.524. The van der Waals surface area contributed by atoms with E-state index in [1.165, 1.54) is 6.07 Å². The second kappa shape index (κ2) is 9.86. The number of hydrogen-bond donors (Lipinski definition) is 0. The minimum atomic E-state index is -4.45. The van der Waals surface area contributed by atoms with E-state index in [0.717, 1.165) is 30.1 Å². The molecule has 0 spiro atoms. The van der Waals surface area contributed by atoms with E-state index >= 15 is 0 Å². The molecule has 1 heterocycles. The van der Waals surface area contributed by atoms with Crippen molar-refractivity contribution < 1.29 is 27.4 Å². The van der Waals surface area contributed by atoms with E-state index in [4.69, 9.17) is 9.47 Å². The number of amides is 1. The number of allylic oxidation sites excluding steroid dienone is 2. The number of likely N-dealkylation sites (N-methyl/N-ethyl adjacent to an activating group) is 1. The summed E-state index contributed by atoms with van der Waals surface area (Å²) in [6, 6.07) is 1.78. The average molecular weight is 427 g/mol. The molecule has 0 N–H and O–H groups in total. The first-order chi connectivity index (χ1) is 14.1. The van der Waals surface area contributed by atoms with Crippen LogP contribution >= 0.6 is 0 Å². The summed E-state index contributed by atoms with van der Waals surface area (Å²) >= 11 is 0. The summed E-state index contributed by atoms with van der Waals surface area (Å²) in [6.07, 6.45) is -0.516. The SMILES string of the molecule is CCN(C(=O)C1=C(N(C)C)CCC(OC)=C1)[C@@H](C)COc1ccc(C(F)(F)F)cn1. The maximum Gasteiger partial charge on any atom is 0.417 e. The molecule has 0 aromatic carbocycles. The molecular weight excluding hydrogens is 399 g/mol. The van der Waals surface area contributed by atoms with Crippen molar-refractivity contribution in [3.05, 3.63) is 47.0 Å². The van der Waals surface area contributed by atoms with Crippen molar-refractivity contribution in [2.75, 3.05) is 34.4 Å². The Balaban J connectivity index is 2.12. The lowest BCUT2D eigenvalue weighted by molar-refractivity contribution is -0.138. The van der Waals surface area contributed by atoms with Crippen LogP contribution in [0.2, 0.25) is 0 Å². The van der Waals surface area contributed by atoms with Crippen molar-refractivity contribution in [3.63, 3.8) is 0 Å². The molecule has 1 aromatic heterocycles. The zero-order valence-corrected chi connectivity index (χ0v) is 17.9. The van der Waals surface area contributed by atoms with E-state index in [0.29, 0.717) is 18.5 Å². The zero-order chi connectivity index (χ0) is 22.5. The molecule has 2 rings (SSSR count). The Morgan fingerprint density at radius 3 is 2.47 bits per heavy atom. The summed E-state index contributed by atoms with van der Waals surface area (Å²) in [4.78, 5) is 20.6. The predicted molar refractivity (Wildman–Crippen MR) is 107 cm³/mol. The molecule has 0 fully saturated rings. The van der Waals surface area contributed by atoms with Gasteiger partial charge in [0, 0.05) is 45.0 Å². The number of halogens is 3. The van der Waals surface area contributed by atoms with Crippen LogP contribution < -0.4 is 4.74 Å². The minimum absolute atomic E-state index is 0.0748. The Bertz CT molecular complexity index is 802. The first-order valence-electron chi connectivity index (χ1n) is 9.70. The largest absolute Gasteiger partial charge is 0.501 e. The van der Waals surface area contributed by atoms with Gasteiger partial charge in [-0.3, -0.25) is 4.79 Å². The van der Waals surface area contributed by atoms with Crippen molar-refractivity contribution in [3.8, 4) is 5.88 Å². The summed E-state index contributed by atoms with van der Waals surface area (Å²) in [5.41, 5.74) is 0.663. The Morgan fingerprint density at radius 2 is 1.97 bits per heavy atom. The molecular formula is C21H28F3N3O3. The molecule has 1 aromatic rings. The first-order valence-corrected chi connectivity index (χ1v) is 9.70. The summed E-state index contributed by atoms with van der Waals surface area (Å²) in [5, 5.41) is 0. The number of ether oxygens (including phenoxy) is 2. The zero-order valence-electron chi connectivity index (χ0n) is 17.9. The molecule has 0 aliphatic heterocycles. The third kappa shape index (κ3) is 5.67. The highest BCUT2D eigenvalue weighted by Crippen LogP contribution is 2.29. The number of pyridine rings is 1. The molecule has 0 bridgehead atoms. The van der Waals surface area contributed by atoms with Gasteiger partial charge in [-0.25, -0.2) is 4.98 Å². The van der Waals surface area contributed by atoms with Crippen LogP contribution in [0.25, 0.3) is 0 Å². The molecule has 0 saturated carbocycles. The van der Waals surface area contributed by atoms with Gasteiger partial charge in [-0.15, -0.1) is 0 Å². The topological polar surface area (TPSA) is 54.9 Å². The molecule has 1 aliphatic rings. The molecule has 1 amide bonds. The molecule has 166 valence electrons. The van der Waals surface area contributed by atoms with Crippen LogP contribution in [-0.4, -0.2) is 61.1 Å². The molecule has 0 unspecified atom stereocenters. The number of aromatic nitrogens is 1. The number of carbonyl (C=O) groups is 1. The highest BCUT2D eigenvalue weighted by Gasteiger charge is 2.31. The first kappa shape index (κ1) is 23.6. The minimum Gasteiger partial charge on any atom is -0.501 e. The maximum atomic E-state index is 13.3. The van der Waals surface area contributed by atoms with E-state index in [9.17, 15) is 18.0 Å². The van der Waals surface area contributed by atoms with Crippen molar-refractivity contribution in [1.82, 2.24) is 14.8 Å². The van der Waals surface area contributed by atoms with Gasteiger partial charge in [0.1, 0.15) is 6.61 Å². The van der Waals surface area contributed by atoms with E-state index in [1.54, 1.807) is 18.1 Å². The van der Waals surface area contributed by atoms with Gasteiger partial charge in [0.25, 0.3) is 5.91 Å². The van der Waals surface area contributed by atoms with E-state index in [2.05, 4.69) is 4.98 Å². The predicted octanol–water partition coefficient (Wildman–Crippen LogP) is 3.86. The number of rotatable bonds is 8. The van der Waals surface area contributed by atoms with Crippen LogP contribution in [0.15, 0.2) is 41.4 Å². The monoisotopic (exact) mass is 427 g/mol. The summed E-state index contributed by atoms with van der Waals surface area (Å²) < 4.78 is 48.8. The van der Waals surface area contributed by atoms with E-state index < -0.39 is 11.7 Å². The smallest absolute Gasteiger partial charge is 0.417 e. The summed E-state index contributed by atoms with van der Waals surface area (Å²) in [5.74, 6) is 0.676. The van der Waals surface area contributed by atoms with Gasteiger partial charge in [-0.05, 0) is 32.4 Å². The quantitative estimate of drug-likeness (QED) is 0.631. The third-order valence-corrected chi connectivity index (χ3v) is 4.93. The van der Waals surface area contributed by atoms with Crippen molar-refractivity contribution >= 4 is 5.91 Å². The van der Waals surface area contributed by atoms with Gasteiger partial charge in [-0.2, -0.15) is 13.2 Å². The molecule has 1 atom stereocenters. The standard InChI is InChI=1S/C21H28F3N3O3/c1-6-27(20(28)17-11-16(29-5)8-9-18(17)26(3)4)14(2)13-30-19-10-7-15(12-25-19)21(22,23)24/h7,10-12,14H,6,8-9,13H2,1-5H3/t14-/m0/s1. The number of alkyl halides is 3. The maximum absolute atomic E-state index is 13.3. The van der Waals surface area contributed by atoms with Gasteiger partial charge in [0.15, 0.2) is 0 Å². The molecule has 9 heteroatoms. The van der Waals surface area contributed by atoms with Gasteiger partial charge >= 0.3 is 6.18 Å². The van der Waals surface area contributed by atoms with Crippen LogP contribution in [0.4, 0.5) is 13.2 Å². The third-order valence-electron chi connectivity index (χ3n) is 4.93. The van der Waals surface area contributed by atoms with Crippen molar-refractivity contribution in [2.24, 2.45) is 0 Å². The molecule has 0 saturated heterocycles. The van der Waals surface area contributed by atoms with Crippen LogP contribution in [0.5, 0.6) is 5.88 Å². The van der Waals surface area contributed by atoms with E-state index in [-0.39, 0.29) is 24.4 Å². The molecule has 0 radical (unpaired) electrons. The van der Waals surface area contributed by atoms with Crippen LogP contribution in [0, 0.1) is 0 Å². The van der Waals surface area contributed by atoms with Gasteiger partial charge in [0.05, 0.1) is 30.0 Å². The lowest BCUT2D eigenvalue weighted by Gasteiger charge is -2.31. The number of methoxy groups -OCH3 is 1. The van der Waals surface area contributed by atoms with Crippen LogP contribution in [-0.2, 0) is 15.7 Å². The molecule has 6 nitrogen and oxygen atoms in total. The van der Waals surface area contributed by atoms with Crippen molar-refractivity contribution in [2.45, 2.75) is 38.9 Å². The Labute approximate surface area is 175 Å². The fourth-order valence-electron chi connectivity index (χ4n) is 3.24. The van der Waals surface area contributed by atoms with Gasteiger partial charge < -0.3 is 19.3 Å². The fourth-order valence-corrected chi connectivity index (χ4v) is 3.24. The average Bonchev–Trinajstić information content (AvgIpc) is 2.71. The Hall–Kier alpha value is -2.71. The van der Waals surface area contributed by atoms with Crippen LogP contribution in [0.3, 0.4) is 0 Å². The number of carbonyl (C=O) groups excluding carboxylic acids is 1. The van der Waals surface area contributed by atoms with E-state index in [1.807, 2.05) is 32.8 Å². The number of hydrogen-bond acceptors (Lipinski definition) is 5. The highest BCUT2D eigenvalue weighted by molar-refractivity contribution is 5.97. The summed E-state index contributed by atoms with van der Waals surface area (Å²) in [7, 11) is 5.38. The lowest BCUT2D eigenvalue weighted by Crippen LogP contribution is -2.43. The lowest BCUT2D eigenvalue weighted by atomic mass is 9.99. The number of nitrogens with zero attached hydrogens (tertiary/aromatic N) is 3. The highest BCUT2D eigenvalue weighted by atomic mass is 19.4. The Morgan fingerprint density at radius 1 is 1.27 bits per heavy atom. The van der Waals surface area contributed by atoms with Gasteiger partial charge in [-0.1, -0.05) is 0 Å². The summed E-state index contributed by atoms with van der Waals surface area (Å²) in [6.45, 7) is 4.24. The second-order valence-electron chi connectivity index (χ2n) is 7.20. The Kier molecular flexibility index (Phi) is 7.75. The van der Waals surface area contributed by atoms with Crippen LogP contribution in [0.1, 0.15) is 32.3 Å². The normalized spacial score (nSPS) is 15.4. The second-order valence-corrected chi connectivity index (χ2v) is 7.20.